The van der Waals surface area contributed by atoms with Crippen LogP contribution in [0.25, 0.3) is 6.08 Å². The number of nitrogens with zero attached hydrogens (tertiary/aromatic N) is 1. The molecule has 0 bridgehead atoms. The van der Waals surface area contributed by atoms with Crippen molar-refractivity contribution in [3.63, 3.8) is 0 Å². The molecule has 0 saturated carbocycles. The molecule has 2 aromatic rings. The molecule has 1 aliphatic heterocycles. The fourth-order valence-electron chi connectivity index (χ4n) is 2.99. The quantitative estimate of drug-likeness (QED) is 0.689. The smallest absolute Gasteiger partial charge is 0.319 e. The van der Waals surface area contributed by atoms with E-state index in [1.54, 1.807) is 42.7 Å². The summed E-state index contributed by atoms with van der Waals surface area (Å²) in [6.45, 7) is 1.89. The monoisotopic (exact) mass is 421 g/mol. The van der Waals surface area contributed by atoms with Crippen LogP contribution in [0.3, 0.4) is 0 Å². The van der Waals surface area contributed by atoms with Crippen LogP contribution < -0.4 is 10.6 Å². The van der Waals surface area contributed by atoms with Gasteiger partial charge in [0.1, 0.15) is 5.76 Å². The van der Waals surface area contributed by atoms with Gasteiger partial charge in [-0.15, -0.1) is 0 Å². The first-order valence-corrected chi connectivity index (χ1v) is 9.77. The third-order valence-electron chi connectivity index (χ3n) is 4.59. The van der Waals surface area contributed by atoms with Crippen molar-refractivity contribution < 1.29 is 14.0 Å². The zero-order chi connectivity index (χ0) is 19.9. The van der Waals surface area contributed by atoms with Crippen LogP contribution in [0.2, 0.25) is 10.0 Å². The molecule has 1 aromatic heterocycles. The fraction of sp³-hybridized carbons (Fsp3) is 0.300. The van der Waals surface area contributed by atoms with Crippen LogP contribution >= 0.6 is 23.2 Å². The van der Waals surface area contributed by atoms with E-state index in [0.717, 1.165) is 12.8 Å². The Bertz CT molecular complexity index is 844. The molecule has 0 radical (unpaired) electrons. The van der Waals surface area contributed by atoms with Crippen LogP contribution in [0.1, 0.15) is 18.6 Å². The number of furan rings is 1. The minimum Gasteiger partial charge on any atom is -0.465 e. The van der Waals surface area contributed by atoms with Crippen molar-refractivity contribution in [3.05, 3.63) is 58.5 Å². The second-order valence-electron chi connectivity index (χ2n) is 6.58. The van der Waals surface area contributed by atoms with Crippen molar-refractivity contribution in [1.29, 1.82) is 0 Å². The average Bonchev–Trinajstić information content (AvgIpc) is 3.21. The number of benzene rings is 1. The van der Waals surface area contributed by atoms with Crippen LogP contribution in [0.5, 0.6) is 0 Å². The van der Waals surface area contributed by atoms with E-state index in [2.05, 4.69) is 10.6 Å². The van der Waals surface area contributed by atoms with E-state index < -0.39 is 0 Å². The van der Waals surface area contributed by atoms with Crippen molar-refractivity contribution in [2.75, 3.05) is 25.0 Å². The van der Waals surface area contributed by atoms with Crippen LogP contribution in [-0.2, 0) is 4.79 Å². The van der Waals surface area contributed by atoms with E-state index in [0.29, 0.717) is 47.0 Å². The number of rotatable bonds is 5. The second-order valence-corrected chi connectivity index (χ2v) is 7.40. The molecule has 1 aromatic carbocycles. The van der Waals surface area contributed by atoms with Gasteiger partial charge < -0.3 is 20.0 Å². The Morgan fingerprint density at radius 3 is 2.64 bits per heavy atom. The van der Waals surface area contributed by atoms with Gasteiger partial charge in [-0.3, -0.25) is 4.79 Å². The Kier molecular flexibility index (Phi) is 7.01. The molecular formula is C20H21Cl2N3O3. The van der Waals surface area contributed by atoms with Crippen molar-refractivity contribution in [2.45, 2.75) is 12.8 Å². The highest BCUT2D eigenvalue weighted by atomic mass is 35.5. The molecule has 1 fully saturated rings. The first kappa shape index (κ1) is 20.3. The summed E-state index contributed by atoms with van der Waals surface area (Å²) in [6, 6.07) is 8.20. The summed E-state index contributed by atoms with van der Waals surface area (Å²) in [5, 5.41) is 6.42. The highest BCUT2D eigenvalue weighted by Crippen LogP contribution is 2.25. The maximum absolute atomic E-state index is 12.2. The summed E-state index contributed by atoms with van der Waals surface area (Å²) in [5.41, 5.74) is 0.579. The molecule has 6 nitrogen and oxygen atoms in total. The Hall–Kier alpha value is -2.44. The number of carbonyl (C=O) groups is 2. The van der Waals surface area contributed by atoms with Gasteiger partial charge >= 0.3 is 6.03 Å². The Morgan fingerprint density at radius 2 is 1.96 bits per heavy atom. The molecule has 1 saturated heterocycles. The van der Waals surface area contributed by atoms with E-state index >= 15 is 0 Å². The summed E-state index contributed by atoms with van der Waals surface area (Å²) in [4.78, 5) is 26.1. The molecule has 3 rings (SSSR count). The molecule has 8 heteroatoms. The van der Waals surface area contributed by atoms with Crippen LogP contribution in [-0.4, -0.2) is 36.5 Å². The van der Waals surface area contributed by atoms with Crippen molar-refractivity contribution in [3.8, 4) is 0 Å². The Morgan fingerprint density at radius 1 is 1.18 bits per heavy atom. The van der Waals surface area contributed by atoms with Gasteiger partial charge in [0, 0.05) is 31.4 Å². The largest absolute Gasteiger partial charge is 0.465 e. The summed E-state index contributed by atoms with van der Waals surface area (Å²) in [7, 11) is 0. The van der Waals surface area contributed by atoms with E-state index in [-0.39, 0.29) is 11.9 Å². The molecule has 0 unspecified atom stereocenters. The normalized spacial score (nSPS) is 15.0. The minimum absolute atomic E-state index is 0.0276. The highest BCUT2D eigenvalue weighted by Gasteiger charge is 2.22. The number of hydrogen-bond acceptors (Lipinski definition) is 3. The highest BCUT2D eigenvalue weighted by molar-refractivity contribution is 6.42. The zero-order valence-electron chi connectivity index (χ0n) is 15.2. The molecule has 0 atom stereocenters. The van der Waals surface area contributed by atoms with Gasteiger partial charge in [0.25, 0.3) is 0 Å². The number of nitrogens with one attached hydrogen (secondary N) is 2. The number of hydrogen-bond donors (Lipinski definition) is 2. The molecule has 1 aliphatic rings. The number of halogens is 2. The van der Waals surface area contributed by atoms with Crippen LogP contribution in [0, 0.1) is 5.92 Å². The first-order chi connectivity index (χ1) is 13.5. The maximum atomic E-state index is 12.2. The standard InChI is InChI=1S/C20H21Cl2N3O3/c21-17-5-3-15(12-18(17)22)24-20(27)23-13-14-7-9-25(10-8-14)19(26)6-4-16-2-1-11-28-16/h1-6,11-12,14H,7-10,13H2,(H2,23,24,27)/b6-4+. The SMILES string of the molecule is O=C(NCC1CCN(C(=O)/C=C/c2ccco2)CC1)Nc1ccc(Cl)c(Cl)c1. The summed E-state index contributed by atoms with van der Waals surface area (Å²) >= 11 is 11.8. The number of amides is 3. The van der Waals surface area contributed by atoms with Gasteiger partial charge in [-0.25, -0.2) is 4.79 Å². The third kappa shape index (κ3) is 5.78. The number of carbonyl (C=O) groups excluding carboxylic acids is 2. The summed E-state index contributed by atoms with van der Waals surface area (Å²) in [5.74, 6) is 0.957. The fourth-order valence-corrected chi connectivity index (χ4v) is 3.29. The number of likely N-dealkylation sites (tertiary alicyclic amines) is 1. The van der Waals surface area contributed by atoms with Gasteiger partial charge in [0.2, 0.25) is 5.91 Å². The predicted molar refractivity (Wildman–Crippen MR) is 111 cm³/mol. The number of urea groups is 1. The van der Waals surface area contributed by atoms with Crippen molar-refractivity contribution >= 4 is 46.9 Å². The predicted octanol–water partition coefficient (Wildman–Crippen LogP) is 4.66. The molecular weight excluding hydrogens is 401 g/mol. The zero-order valence-corrected chi connectivity index (χ0v) is 16.7. The average molecular weight is 422 g/mol. The van der Waals surface area contributed by atoms with Crippen molar-refractivity contribution in [2.24, 2.45) is 5.92 Å². The summed E-state index contributed by atoms with van der Waals surface area (Å²) in [6.07, 6.45) is 6.45. The lowest BCUT2D eigenvalue weighted by atomic mass is 9.97. The molecule has 148 valence electrons. The molecule has 2 N–H and O–H groups in total. The summed E-state index contributed by atoms with van der Waals surface area (Å²) < 4.78 is 5.18. The van der Waals surface area contributed by atoms with E-state index in [1.807, 2.05) is 4.90 Å². The Balaban J connectivity index is 1.38. The van der Waals surface area contributed by atoms with Crippen LogP contribution in [0.4, 0.5) is 10.5 Å². The minimum atomic E-state index is -0.293. The van der Waals surface area contributed by atoms with E-state index in [9.17, 15) is 9.59 Å². The second kappa shape index (κ2) is 9.66. The molecule has 0 spiro atoms. The lowest BCUT2D eigenvalue weighted by Crippen LogP contribution is -2.41. The number of anilines is 1. The first-order valence-electron chi connectivity index (χ1n) is 9.01. The third-order valence-corrected chi connectivity index (χ3v) is 5.33. The Labute approximate surface area is 173 Å². The lowest BCUT2D eigenvalue weighted by molar-refractivity contribution is -0.127. The van der Waals surface area contributed by atoms with E-state index in [4.69, 9.17) is 27.6 Å². The van der Waals surface area contributed by atoms with Gasteiger partial charge in [-0.05, 0) is 55.2 Å². The number of piperidine rings is 1. The van der Waals surface area contributed by atoms with Crippen molar-refractivity contribution in [1.82, 2.24) is 10.2 Å². The molecule has 28 heavy (non-hydrogen) atoms. The molecule has 2 heterocycles. The van der Waals surface area contributed by atoms with E-state index in [1.165, 1.54) is 6.08 Å². The maximum Gasteiger partial charge on any atom is 0.319 e. The lowest BCUT2D eigenvalue weighted by Gasteiger charge is -2.31. The molecule has 0 aliphatic carbocycles. The van der Waals surface area contributed by atoms with Crippen LogP contribution in [0.15, 0.2) is 47.1 Å². The molecule has 3 amide bonds. The van der Waals surface area contributed by atoms with Gasteiger partial charge in [-0.2, -0.15) is 0 Å². The van der Waals surface area contributed by atoms with Gasteiger partial charge in [0.05, 0.1) is 16.3 Å². The topological polar surface area (TPSA) is 74.6 Å². The van der Waals surface area contributed by atoms with Gasteiger partial charge in [0.15, 0.2) is 0 Å². The van der Waals surface area contributed by atoms with Gasteiger partial charge in [-0.1, -0.05) is 23.2 Å².